The van der Waals surface area contributed by atoms with Crippen LogP contribution in [-0.4, -0.2) is 23.7 Å². The average Bonchev–Trinajstić information content (AvgIpc) is 2.62. The summed E-state index contributed by atoms with van der Waals surface area (Å²) in [4.78, 5) is 24.7. The molecule has 0 bridgehead atoms. The lowest BCUT2D eigenvalue weighted by Crippen LogP contribution is -2.20. The van der Waals surface area contributed by atoms with Crippen LogP contribution < -0.4 is 10.5 Å². The highest BCUT2D eigenvalue weighted by Gasteiger charge is 2.28. The van der Waals surface area contributed by atoms with Crippen molar-refractivity contribution in [2.45, 2.75) is 58.8 Å². The fourth-order valence-corrected chi connectivity index (χ4v) is 3.09. The van der Waals surface area contributed by atoms with Crippen LogP contribution >= 0.6 is 11.6 Å². The Bertz CT molecular complexity index is 951. The molecule has 3 N–H and O–H groups in total. The zero-order chi connectivity index (χ0) is 23.6. The van der Waals surface area contributed by atoms with Gasteiger partial charge >= 0.3 is 11.9 Å². The monoisotopic (exact) mass is 447 g/mol. The molecule has 0 radical (unpaired) electrons. The molecule has 0 amide bonds. The number of nitrogens with two attached hydrogens (primary N) is 1. The first-order valence-electron chi connectivity index (χ1n) is 10.0. The number of carbonyl (C=O) groups is 2. The van der Waals surface area contributed by atoms with Crippen molar-refractivity contribution >= 4 is 29.2 Å². The number of ether oxygens (including phenoxy) is 2. The molecule has 0 fully saturated rings. The van der Waals surface area contributed by atoms with Gasteiger partial charge in [0.1, 0.15) is 18.1 Å². The fraction of sp³-hybridized carbons (Fsp3) is 0.417. The van der Waals surface area contributed by atoms with E-state index < -0.39 is 11.9 Å². The standard InChI is InChI=1S/C24H30ClNO5/c1-23(2,3)16-11-14(12-17(21(16)28)24(4,5)6)22(29)30-10-9-20(27)31-15-7-8-18(25)19(26)13-15/h7-8,11-13,28H,9-10,26H2,1-6H3. The molecular weight excluding hydrogens is 418 g/mol. The first-order valence-corrected chi connectivity index (χ1v) is 10.4. The molecule has 7 heteroatoms. The molecule has 0 aromatic heterocycles. The van der Waals surface area contributed by atoms with E-state index in [9.17, 15) is 14.7 Å². The number of phenols is 1. The fourth-order valence-electron chi connectivity index (χ4n) is 2.97. The van der Waals surface area contributed by atoms with Gasteiger partial charge in [-0.2, -0.15) is 0 Å². The van der Waals surface area contributed by atoms with Gasteiger partial charge in [-0.1, -0.05) is 53.1 Å². The van der Waals surface area contributed by atoms with Crippen molar-refractivity contribution in [1.29, 1.82) is 0 Å². The Balaban J connectivity index is 2.09. The maximum atomic E-state index is 12.6. The summed E-state index contributed by atoms with van der Waals surface area (Å²) >= 11 is 5.84. The van der Waals surface area contributed by atoms with Crippen molar-refractivity contribution in [3.05, 3.63) is 52.0 Å². The van der Waals surface area contributed by atoms with Gasteiger partial charge in [0.25, 0.3) is 0 Å². The number of nitrogen functional groups attached to an aromatic ring is 1. The largest absolute Gasteiger partial charge is 0.507 e. The summed E-state index contributed by atoms with van der Waals surface area (Å²) in [6, 6.07) is 7.79. The number of aromatic hydroxyl groups is 1. The van der Waals surface area contributed by atoms with Crippen LogP contribution in [0.25, 0.3) is 0 Å². The number of phenolic OH excluding ortho intramolecular Hbond substituents is 1. The quantitative estimate of drug-likeness (QED) is 0.363. The normalized spacial score (nSPS) is 11.8. The Morgan fingerprint density at radius 3 is 2.03 bits per heavy atom. The Kier molecular flexibility index (Phi) is 7.27. The Morgan fingerprint density at radius 2 is 1.55 bits per heavy atom. The van der Waals surface area contributed by atoms with E-state index in [1.54, 1.807) is 12.1 Å². The predicted molar refractivity (Wildman–Crippen MR) is 122 cm³/mol. The molecular formula is C24H30ClNO5. The van der Waals surface area contributed by atoms with Gasteiger partial charge in [-0.05, 0) is 35.1 Å². The number of esters is 2. The van der Waals surface area contributed by atoms with E-state index in [-0.39, 0.29) is 35.4 Å². The van der Waals surface area contributed by atoms with E-state index in [0.717, 1.165) is 0 Å². The molecule has 2 aromatic rings. The minimum absolute atomic E-state index is 0.120. The predicted octanol–water partition coefficient (Wildman–Crippen LogP) is 5.38. The van der Waals surface area contributed by atoms with Gasteiger partial charge in [-0.25, -0.2) is 4.79 Å². The Labute approximate surface area is 188 Å². The van der Waals surface area contributed by atoms with Crippen molar-refractivity contribution in [3.8, 4) is 11.5 Å². The first-order chi connectivity index (χ1) is 14.2. The minimum Gasteiger partial charge on any atom is -0.507 e. The van der Waals surface area contributed by atoms with Crippen molar-refractivity contribution in [2.75, 3.05) is 12.3 Å². The maximum absolute atomic E-state index is 12.6. The van der Waals surface area contributed by atoms with E-state index in [4.69, 9.17) is 26.8 Å². The van der Waals surface area contributed by atoms with E-state index in [2.05, 4.69) is 0 Å². The number of rotatable bonds is 5. The van der Waals surface area contributed by atoms with Gasteiger partial charge < -0.3 is 20.3 Å². The second-order valence-electron chi connectivity index (χ2n) is 9.46. The van der Waals surface area contributed by atoms with Crippen molar-refractivity contribution in [1.82, 2.24) is 0 Å². The molecule has 0 heterocycles. The molecule has 0 unspecified atom stereocenters. The molecule has 168 valence electrons. The van der Waals surface area contributed by atoms with Crippen molar-refractivity contribution in [3.63, 3.8) is 0 Å². The molecule has 0 saturated heterocycles. The second-order valence-corrected chi connectivity index (χ2v) is 9.87. The summed E-state index contributed by atoms with van der Waals surface area (Å²) in [6.45, 7) is 11.6. The molecule has 2 rings (SSSR count). The van der Waals surface area contributed by atoms with Crippen LogP contribution in [0.4, 0.5) is 5.69 Å². The summed E-state index contributed by atoms with van der Waals surface area (Å²) in [5.41, 5.74) is 6.89. The summed E-state index contributed by atoms with van der Waals surface area (Å²) in [7, 11) is 0. The third kappa shape index (κ3) is 6.37. The molecule has 0 aliphatic rings. The highest BCUT2D eigenvalue weighted by atomic mass is 35.5. The summed E-state index contributed by atoms with van der Waals surface area (Å²) in [5, 5.41) is 11.1. The third-order valence-electron chi connectivity index (χ3n) is 4.70. The number of hydrogen-bond acceptors (Lipinski definition) is 6. The van der Waals surface area contributed by atoms with E-state index in [1.165, 1.54) is 18.2 Å². The molecule has 0 spiro atoms. The molecule has 0 aliphatic heterocycles. The van der Waals surface area contributed by atoms with Crippen LogP contribution in [0.3, 0.4) is 0 Å². The second kappa shape index (κ2) is 9.18. The van der Waals surface area contributed by atoms with Crippen LogP contribution in [0, 0.1) is 0 Å². The number of carbonyl (C=O) groups excluding carboxylic acids is 2. The van der Waals surface area contributed by atoms with Gasteiger partial charge in [-0.3, -0.25) is 4.79 Å². The molecule has 2 aromatic carbocycles. The van der Waals surface area contributed by atoms with Gasteiger partial charge in [0.15, 0.2) is 0 Å². The molecule has 6 nitrogen and oxygen atoms in total. The van der Waals surface area contributed by atoms with Crippen LogP contribution in [0.5, 0.6) is 11.5 Å². The highest BCUT2D eigenvalue weighted by Crippen LogP contribution is 2.39. The lowest BCUT2D eigenvalue weighted by atomic mass is 9.78. The minimum atomic E-state index is -0.570. The van der Waals surface area contributed by atoms with Crippen LogP contribution in [-0.2, 0) is 20.4 Å². The van der Waals surface area contributed by atoms with Crippen LogP contribution in [0.15, 0.2) is 30.3 Å². The van der Waals surface area contributed by atoms with Crippen LogP contribution in [0.2, 0.25) is 5.02 Å². The van der Waals surface area contributed by atoms with Gasteiger partial charge in [-0.15, -0.1) is 0 Å². The summed E-state index contributed by atoms with van der Waals surface area (Å²) in [5.74, 6) is -0.686. The molecule has 0 saturated carbocycles. The van der Waals surface area contributed by atoms with Crippen molar-refractivity contribution < 1.29 is 24.2 Å². The van der Waals surface area contributed by atoms with Gasteiger partial charge in [0.2, 0.25) is 0 Å². The van der Waals surface area contributed by atoms with Crippen LogP contribution in [0.1, 0.15) is 69.4 Å². The van der Waals surface area contributed by atoms with Gasteiger partial charge in [0, 0.05) is 17.2 Å². The first kappa shape index (κ1) is 24.5. The number of anilines is 1. The summed E-state index contributed by atoms with van der Waals surface area (Å²) < 4.78 is 10.5. The van der Waals surface area contributed by atoms with E-state index in [1.807, 2.05) is 41.5 Å². The lowest BCUT2D eigenvalue weighted by Gasteiger charge is -2.27. The lowest BCUT2D eigenvalue weighted by molar-refractivity contribution is -0.135. The maximum Gasteiger partial charge on any atom is 0.338 e. The molecule has 31 heavy (non-hydrogen) atoms. The highest BCUT2D eigenvalue weighted by molar-refractivity contribution is 6.33. The smallest absolute Gasteiger partial charge is 0.338 e. The Hall–Kier alpha value is -2.73. The number of halogens is 1. The van der Waals surface area contributed by atoms with Gasteiger partial charge in [0.05, 0.1) is 22.7 Å². The summed E-state index contributed by atoms with van der Waals surface area (Å²) in [6.07, 6.45) is -0.120. The molecule has 0 atom stereocenters. The topological polar surface area (TPSA) is 98.9 Å². The van der Waals surface area contributed by atoms with E-state index >= 15 is 0 Å². The zero-order valence-electron chi connectivity index (χ0n) is 18.8. The van der Waals surface area contributed by atoms with E-state index in [0.29, 0.717) is 27.4 Å². The number of hydrogen-bond donors (Lipinski definition) is 2. The number of benzene rings is 2. The average molecular weight is 448 g/mol. The Morgan fingerprint density at radius 1 is 1.00 bits per heavy atom. The SMILES string of the molecule is CC(C)(C)c1cc(C(=O)OCCC(=O)Oc2ccc(Cl)c(N)c2)cc(C(C)(C)C)c1O. The molecule has 0 aliphatic carbocycles. The zero-order valence-corrected chi connectivity index (χ0v) is 19.6. The van der Waals surface area contributed by atoms with Crippen molar-refractivity contribution in [2.24, 2.45) is 0 Å². The third-order valence-corrected chi connectivity index (χ3v) is 5.04.